The zero-order valence-electron chi connectivity index (χ0n) is 26.5. The smallest absolute Gasteiger partial charge is 0.443 e. The third-order valence-corrected chi connectivity index (χ3v) is 9.76. The van der Waals surface area contributed by atoms with E-state index in [2.05, 4.69) is 15.0 Å². The van der Waals surface area contributed by atoms with Crippen LogP contribution in [0.15, 0.2) is 41.4 Å². The van der Waals surface area contributed by atoms with E-state index in [1.165, 1.54) is 21.3 Å². The van der Waals surface area contributed by atoms with Gasteiger partial charge in [0.05, 0.1) is 5.75 Å². The Hall–Kier alpha value is -3.72. The van der Waals surface area contributed by atoms with Crippen molar-refractivity contribution in [3.05, 3.63) is 58.7 Å². The van der Waals surface area contributed by atoms with Gasteiger partial charge in [-0.15, -0.1) is 0 Å². The average Bonchev–Trinajstić information content (AvgIpc) is 3.26. The van der Waals surface area contributed by atoms with Crippen molar-refractivity contribution in [1.29, 1.82) is 0 Å². The van der Waals surface area contributed by atoms with Crippen LogP contribution in [-0.2, 0) is 26.0 Å². The number of aryl methyl sites for hydroxylation is 2. The molecule has 4 rings (SSSR count). The van der Waals surface area contributed by atoms with Crippen LogP contribution in [0.25, 0.3) is 0 Å². The van der Waals surface area contributed by atoms with Gasteiger partial charge in [0.1, 0.15) is 22.7 Å². The summed E-state index contributed by atoms with van der Waals surface area (Å²) in [6.45, 7) is 9.11. The van der Waals surface area contributed by atoms with E-state index in [1.807, 2.05) is 26.0 Å². The number of carbonyl (C=O) groups excluding carboxylic acids is 2. The predicted octanol–water partition coefficient (Wildman–Crippen LogP) is 5.19. The van der Waals surface area contributed by atoms with E-state index in [9.17, 15) is 35.6 Å². The van der Waals surface area contributed by atoms with Crippen LogP contribution in [0.1, 0.15) is 55.9 Å². The van der Waals surface area contributed by atoms with Gasteiger partial charge in [-0.2, -0.15) is 17.6 Å². The lowest BCUT2D eigenvalue weighted by atomic mass is 9.89. The Morgan fingerprint density at radius 1 is 1.11 bits per heavy atom. The molecule has 1 N–H and O–H groups in total. The molecule has 2 aromatic rings. The first kappa shape index (κ1) is 35.1. The largest absolute Gasteiger partial charge is 0.461 e. The van der Waals surface area contributed by atoms with Crippen LogP contribution in [0.5, 0.6) is 5.75 Å². The number of halogens is 4. The summed E-state index contributed by atoms with van der Waals surface area (Å²) in [5.74, 6) is -1.11. The van der Waals surface area contributed by atoms with Crippen LogP contribution in [0.4, 0.5) is 28.0 Å². The first-order valence-corrected chi connectivity index (χ1v) is 16.3. The van der Waals surface area contributed by atoms with Gasteiger partial charge in [0.15, 0.2) is 0 Å². The second kappa shape index (κ2) is 12.8. The molecule has 0 saturated carbocycles. The minimum atomic E-state index is -4.70. The highest BCUT2D eigenvalue weighted by Gasteiger charge is 2.48. The molecule has 0 bridgehead atoms. The number of nitrogens with one attached hydrogen (secondary N) is 1. The summed E-state index contributed by atoms with van der Waals surface area (Å²) >= 11 is 0. The van der Waals surface area contributed by atoms with E-state index >= 15 is 0 Å². The lowest BCUT2D eigenvalue weighted by molar-refractivity contribution is -0.253. The summed E-state index contributed by atoms with van der Waals surface area (Å²) < 4.78 is 89.5. The molecule has 2 aliphatic heterocycles. The topological polar surface area (TPSA) is 118 Å². The van der Waals surface area contributed by atoms with Crippen molar-refractivity contribution in [1.82, 2.24) is 9.62 Å². The van der Waals surface area contributed by atoms with Gasteiger partial charge in [0.25, 0.3) is 5.91 Å². The SMILES string of the molecule is Cc1cc(N(C)C(=O)OC(C)(C)C)cc(C)c1CCS(=O)(=O)N1CCC2(CC1)N=C(c1cccc(OC(F)(F)C(F)F)c1)NC2=O. The number of piperidine rings is 1. The minimum Gasteiger partial charge on any atom is -0.443 e. The number of benzene rings is 2. The molecule has 2 heterocycles. The number of carbonyl (C=O) groups is 2. The molecule has 2 aromatic carbocycles. The molecular formula is C31H38F4N4O6S. The third-order valence-electron chi connectivity index (χ3n) is 7.88. The summed E-state index contributed by atoms with van der Waals surface area (Å²) in [6.07, 6.45) is -8.82. The number of hydrogen-bond acceptors (Lipinski definition) is 7. The molecule has 2 amide bonds. The maximum Gasteiger partial charge on any atom is 0.461 e. The Bertz CT molecular complexity index is 1610. The lowest BCUT2D eigenvalue weighted by Crippen LogP contribution is -2.50. The molecule has 15 heteroatoms. The van der Waals surface area contributed by atoms with Crippen LogP contribution in [0.2, 0.25) is 0 Å². The number of rotatable bonds is 9. The summed E-state index contributed by atoms with van der Waals surface area (Å²) in [5.41, 5.74) is 1.39. The first-order chi connectivity index (χ1) is 21.2. The van der Waals surface area contributed by atoms with Gasteiger partial charge >= 0.3 is 18.6 Å². The van der Waals surface area contributed by atoms with E-state index in [1.54, 1.807) is 27.8 Å². The first-order valence-electron chi connectivity index (χ1n) is 14.6. The molecule has 0 atom stereocenters. The number of amidine groups is 1. The molecule has 1 spiro atoms. The van der Waals surface area contributed by atoms with Gasteiger partial charge in [-0.1, -0.05) is 12.1 Å². The Morgan fingerprint density at radius 3 is 2.28 bits per heavy atom. The van der Waals surface area contributed by atoms with E-state index in [-0.39, 0.29) is 49.5 Å². The second-order valence-corrected chi connectivity index (χ2v) is 14.6. The fraction of sp³-hybridized carbons (Fsp3) is 0.516. The van der Waals surface area contributed by atoms with E-state index in [0.717, 1.165) is 28.8 Å². The van der Waals surface area contributed by atoms with E-state index < -0.39 is 51.4 Å². The number of alkyl halides is 4. The molecule has 252 valence electrons. The molecule has 0 radical (unpaired) electrons. The van der Waals surface area contributed by atoms with Gasteiger partial charge < -0.3 is 14.8 Å². The van der Waals surface area contributed by atoms with Crippen LogP contribution in [0, 0.1) is 13.8 Å². The van der Waals surface area contributed by atoms with Gasteiger partial charge in [-0.25, -0.2) is 17.5 Å². The summed E-state index contributed by atoms with van der Waals surface area (Å²) in [7, 11) is -2.11. The highest BCUT2D eigenvalue weighted by molar-refractivity contribution is 7.89. The standard InChI is InChI=1S/C31H38F4N4O6S/c1-19-16-22(38(6)28(41)45-29(3,4)5)17-20(2)24(19)10-15-46(42,43)39-13-11-30(12-14-39)27(40)36-25(37-30)21-8-7-9-23(18-21)44-31(34,35)26(32)33/h7-9,16-18,26H,10-15H2,1-6H3,(H,36,37,40). The number of aliphatic imine (C=N–C) groups is 1. The Morgan fingerprint density at radius 2 is 1.72 bits per heavy atom. The van der Waals surface area contributed by atoms with Gasteiger partial charge in [0, 0.05) is 31.4 Å². The molecule has 10 nitrogen and oxygen atoms in total. The van der Waals surface area contributed by atoms with Crippen LogP contribution < -0.4 is 15.0 Å². The molecule has 0 aliphatic carbocycles. The third kappa shape index (κ3) is 7.80. The number of sulfonamides is 1. The maximum atomic E-state index is 13.4. The molecule has 1 fully saturated rings. The number of hydrogen-bond donors (Lipinski definition) is 1. The molecule has 0 unspecified atom stereocenters. The second-order valence-electron chi connectivity index (χ2n) is 12.5. The monoisotopic (exact) mass is 670 g/mol. The Kier molecular flexibility index (Phi) is 9.79. The molecule has 0 aromatic heterocycles. The van der Waals surface area contributed by atoms with Crippen molar-refractivity contribution in [2.24, 2.45) is 4.99 Å². The number of nitrogens with zero attached hydrogens (tertiary/aromatic N) is 3. The average molecular weight is 671 g/mol. The summed E-state index contributed by atoms with van der Waals surface area (Å²) in [5, 5.41) is 2.61. The zero-order chi connectivity index (χ0) is 34.2. The fourth-order valence-electron chi connectivity index (χ4n) is 5.39. The highest BCUT2D eigenvalue weighted by Crippen LogP contribution is 2.34. The summed E-state index contributed by atoms with van der Waals surface area (Å²) in [6, 6.07) is 8.53. The van der Waals surface area contributed by atoms with Crippen LogP contribution in [-0.4, -0.2) is 80.1 Å². The van der Waals surface area contributed by atoms with Crippen molar-refractivity contribution < 1.29 is 45.0 Å². The predicted molar refractivity (Wildman–Crippen MR) is 164 cm³/mol. The van der Waals surface area contributed by atoms with E-state index in [0.29, 0.717) is 5.69 Å². The van der Waals surface area contributed by atoms with Gasteiger partial charge in [-0.05, 0) is 94.8 Å². The lowest BCUT2D eigenvalue weighted by Gasteiger charge is -2.34. The highest BCUT2D eigenvalue weighted by atomic mass is 32.2. The molecule has 1 saturated heterocycles. The normalized spacial score (nSPS) is 17.2. The molecule has 46 heavy (non-hydrogen) atoms. The molecular weight excluding hydrogens is 632 g/mol. The van der Waals surface area contributed by atoms with Gasteiger partial charge in [-0.3, -0.25) is 14.7 Å². The number of amides is 2. The quantitative estimate of drug-likeness (QED) is 0.367. The molecule has 2 aliphatic rings. The van der Waals surface area contributed by atoms with Crippen molar-refractivity contribution in [2.75, 3.05) is 30.8 Å². The maximum absolute atomic E-state index is 13.4. The number of anilines is 1. The summed E-state index contributed by atoms with van der Waals surface area (Å²) in [4.78, 5) is 31.4. The minimum absolute atomic E-state index is 0.0356. The van der Waals surface area contributed by atoms with Gasteiger partial charge in [0.2, 0.25) is 10.0 Å². The zero-order valence-corrected chi connectivity index (χ0v) is 27.3. The van der Waals surface area contributed by atoms with Crippen molar-refractivity contribution in [2.45, 2.75) is 77.6 Å². The fourth-order valence-corrected chi connectivity index (χ4v) is 6.85. The van der Waals surface area contributed by atoms with Crippen molar-refractivity contribution in [3.8, 4) is 5.75 Å². The van der Waals surface area contributed by atoms with Crippen molar-refractivity contribution in [3.63, 3.8) is 0 Å². The van der Waals surface area contributed by atoms with Crippen molar-refractivity contribution >= 4 is 33.5 Å². The Labute approximate surface area is 265 Å². The van der Waals surface area contributed by atoms with E-state index in [4.69, 9.17) is 4.74 Å². The van der Waals surface area contributed by atoms with Crippen LogP contribution in [0.3, 0.4) is 0 Å². The van der Waals surface area contributed by atoms with Crippen LogP contribution >= 0.6 is 0 Å². The number of ether oxygens (including phenoxy) is 2. The Balaban J connectivity index is 1.41.